The van der Waals surface area contributed by atoms with Crippen LogP contribution >= 0.6 is 0 Å². The third-order valence-electron chi connectivity index (χ3n) is 2.67. The summed E-state index contributed by atoms with van der Waals surface area (Å²) in [5.41, 5.74) is -0.0752. The van der Waals surface area contributed by atoms with Crippen molar-refractivity contribution < 1.29 is 23.8 Å². The Morgan fingerprint density at radius 2 is 2.11 bits per heavy atom. The van der Waals surface area contributed by atoms with Crippen LogP contribution in [-0.2, 0) is 4.79 Å². The number of ether oxygens (including phenoxy) is 1. The van der Waals surface area contributed by atoms with Gasteiger partial charge in [0, 0.05) is 13.1 Å². The summed E-state index contributed by atoms with van der Waals surface area (Å²) in [6.07, 6.45) is 0. The molecular formula is C12H15FN2O4. The van der Waals surface area contributed by atoms with E-state index in [1.54, 1.807) is 0 Å². The molecule has 6 nitrogen and oxygen atoms in total. The van der Waals surface area contributed by atoms with E-state index in [4.69, 9.17) is 9.84 Å². The predicted octanol–water partition coefficient (Wildman–Crippen LogP) is 1.77. The lowest BCUT2D eigenvalue weighted by molar-refractivity contribution is -0.141. The summed E-state index contributed by atoms with van der Waals surface area (Å²) >= 11 is 0. The first-order valence-electron chi connectivity index (χ1n) is 5.47. The van der Waals surface area contributed by atoms with Gasteiger partial charge in [0.05, 0.1) is 12.8 Å². The highest BCUT2D eigenvalue weighted by Crippen LogP contribution is 2.21. The number of amides is 2. The molecule has 1 rings (SSSR count). The molecule has 0 saturated carbocycles. The number of carbonyl (C=O) groups excluding carboxylic acids is 1. The number of hydrogen-bond donors (Lipinski definition) is 2. The molecule has 1 aromatic rings. The molecule has 2 N–H and O–H groups in total. The van der Waals surface area contributed by atoms with Gasteiger partial charge in [0.15, 0.2) is 0 Å². The second-order valence-corrected chi connectivity index (χ2v) is 3.90. The molecule has 0 fully saturated rings. The quantitative estimate of drug-likeness (QED) is 0.874. The van der Waals surface area contributed by atoms with E-state index in [1.807, 2.05) is 0 Å². The fourth-order valence-corrected chi connectivity index (χ4v) is 1.27. The summed E-state index contributed by atoms with van der Waals surface area (Å²) in [6.45, 7) is 1.35. The number of hydrogen-bond acceptors (Lipinski definition) is 3. The highest BCUT2D eigenvalue weighted by molar-refractivity contribution is 5.92. The van der Waals surface area contributed by atoms with Crippen molar-refractivity contribution in [2.75, 3.05) is 19.5 Å². The smallest absolute Gasteiger partial charge is 0.326 e. The number of anilines is 1. The molecule has 0 saturated heterocycles. The molecule has 0 spiro atoms. The first kappa shape index (κ1) is 14.7. The summed E-state index contributed by atoms with van der Waals surface area (Å²) in [4.78, 5) is 23.5. The van der Waals surface area contributed by atoms with Crippen LogP contribution in [0.2, 0.25) is 0 Å². The maximum atomic E-state index is 13.5. The zero-order valence-corrected chi connectivity index (χ0v) is 10.8. The van der Waals surface area contributed by atoms with E-state index < -0.39 is 23.9 Å². The maximum Gasteiger partial charge on any atom is 0.326 e. The fraction of sp³-hybridized carbons (Fsp3) is 0.333. The van der Waals surface area contributed by atoms with Gasteiger partial charge in [-0.15, -0.1) is 0 Å². The Labute approximate surface area is 109 Å². The minimum Gasteiger partial charge on any atom is -0.497 e. The van der Waals surface area contributed by atoms with Crippen molar-refractivity contribution in [2.24, 2.45) is 0 Å². The number of methoxy groups -OCH3 is 1. The van der Waals surface area contributed by atoms with Gasteiger partial charge in [0.1, 0.15) is 17.6 Å². The Kier molecular flexibility index (Phi) is 4.68. The molecule has 1 atom stereocenters. The Hall–Kier alpha value is -2.31. The average molecular weight is 270 g/mol. The molecule has 104 valence electrons. The molecule has 0 aromatic heterocycles. The molecular weight excluding hydrogens is 255 g/mol. The molecule has 19 heavy (non-hydrogen) atoms. The van der Waals surface area contributed by atoms with Crippen LogP contribution in [0.5, 0.6) is 5.75 Å². The topological polar surface area (TPSA) is 78.9 Å². The van der Waals surface area contributed by atoms with Crippen molar-refractivity contribution >= 4 is 17.7 Å². The summed E-state index contributed by atoms with van der Waals surface area (Å²) in [7, 11) is 2.73. The normalized spacial score (nSPS) is 11.6. The lowest BCUT2D eigenvalue weighted by Crippen LogP contribution is -2.42. The van der Waals surface area contributed by atoms with Gasteiger partial charge in [-0.1, -0.05) is 0 Å². The number of carbonyl (C=O) groups is 2. The van der Waals surface area contributed by atoms with Gasteiger partial charge in [0.25, 0.3) is 0 Å². The number of nitrogens with one attached hydrogen (secondary N) is 1. The maximum absolute atomic E-state index is 13.5. The van der Waals surface area contributed by atoms with Crippen LogP contribution in [0.4, 0.5) is 14.9 Å². The van der Waals surface area contributed by atoms with Crippen LogP contribution < -0.4 is 10.1 Å². The van der Waals surface area contributed by atoms with Crippen LogP contribution in [0, 0.1) is 5.82 Å². The van der Waals surface area contributed by atoms with Gasteiger partial charge in [0.2, 0.25) is 0 Å². The highest BCUT2D eigenvalue weighted by atomic mass is 19.1. The van der Waals surface area contributed by atoms with Crippen molar-refractivity contribution in [1.29, 1.82) is 0 Å². The minimum atomic E-state index is -1.15. The monoisotopic (exact) mass is 270 g/mol. The van der Waals surface area contributed by atoms with Crippen molar-refractivity contribution in [1.82, 2.24) is 4.90 Å². The minimum absolute atomic E-state index is 0.0752. The van der Waals surface area contributed by atoms with Crippen molar-refractivity contribution in [2.45, 2.75) is 13.0 Å². The molecule has 7 heteroatoms. The van der Waals surface area contributed by atoms with Crippen LogP contribution in [-0.4, -0.2) is 42.2 Å². The summed E-state index contributed by atoms with van der Waals surface area (Å²) in [6, 6.07) is 2.13. The molecule has 1 unspecified atom stereocenters. The molecule has 0 aliphatic rings. The SMILES string of the molecule is COc1ccc(F)c(NC(=O)N(C)C(C)C(=O)O)c1. The van der Waals surface area contributed by atoms with Gasteiger partial charge in [-0.25, -0.2) is 14.0 Å². The van der Waals surface area contributed by atoms with Gasteiger partial charge in [-0.2, -0.15) is 0 Å². The Balaban J connectivity index is 2.84. The summed E-state index contributed by atoms with van der Waals surface area (Å²) in [5, 5.41) is 11.1. The number of nitrogens with zero attached hydrogens (tertiary/aromatic N) is 1. The van der Waals surface area contributed by atoms with Crippen LogP contribution in [0.15, 0.2) is 18.2 Å². The summed E-state index contributed by atoms with van der Waals surface area (Å²) in [5.74, 6) is -1.40. The van der Waals surface area contributed by atoms with Crippen LogP contribution in [0.25, 0.3) is 0 Å². The zero-order chi connectivity index (χ0) is 14.6. The Morgan fingerprint density at radius 3 is 2.63 bits per heavy atom. The third kappa shape index (κ3) is 3.57. The first-order valence-corrected chi connectivity index (χ1v) is 5.47. The van der Waals surface area contributed by atoms with Gasteiger partial charge in [-0.05, 0) is 19.1 Å². The molecule has 0 aliphatic carbocycles. The zero-order valence-electron chi connectivity index (χ0n) is 10.8. The highest BCUT2D eigenvalue weighted by Gasteiger charge is 2.22. The van der Waals surface area contributed by atoms with E-state index >= 15 is 0 Å². The Bertz CT molecular complexity index is 493. The van der Waals surface area contributed by atoms with E-state index in [2.05, 4.69) is 5.32 Å². The van der Waals surface area contributed by atoms with Gasteiger partial charge >= 0.3 is 12.0 Å². The molecule has 0 radical (unpaired) electrons. The largest absolute Gasteiger partial charge is 0.497 e. The van der Waals surface area contributed by atoms with Crippen LogP contribution in [0.1, 0.15) is 6.92 Å². The van der Waals surface area contributed by atoms with Crippen molar-refractivity contribution in [3.8, 4) is 5.75 Å². The number of halogens is 1. The standard InChI is InChI=1S/C12H15FN2O4/c1-7(11(16)17)15(2)12(18)14-10-6-8(19-3)4-5-9(10)13/h4-7H,1-3H3,(H,14,18)(H,16,17). The average Bonchev–Trinajstić information content (AvgIpc) is 2.39. The second-order valence-electron chi connectivity index (χ2n) is 3.90. The second kappa shape index (κ2) is 6.03. The van der Waals surface area contributed by atoms with E-state index in [-0.39, 0.29) is 5.69 Å². The van der Waals surface area contributed by atoms with Crippen molar-refractivity contribution in [3.05, 3.63) is 24.0 Å². The van der Waals surface area contributed by atoms with Crippen molar-refractivity contribution in [3.63, 3.8) is 0 Å². The summed E-state index contributed by atoms with van der Waals surface area (Å²) < 4.78 is 18.4. The van der Waals surface area contributed by atoms with E-state index in [1.165, 1.54) is 33.2 Å². The van der Waals surface area contributed by atoms with E-state index in [0.717, 1.165) is 11.0 Å². The third-order valence-corrected chi connectivity index (χ3v) is 2.67. The molecule has 2 amide bonds. The Morgan fingerprint density at radius 1 is 1.47 bits per heavy atom. The fourth-order valence-electron chi connectivity index (χ4n) is 1.27. The number of benzene rings is 1. The van der Waals surface area contributed by atoms with Crippen LogP contribution in [0.3, 0.4) is 0 Å². The van der Waals surface area contributed by atoms with Gasteiger partial charge in [-0.3, -0.25) is 0 Å². The number of aliphatic carboxylic acids is 1. The molecule has 0 heterocycles. The number of carboxylic acids is 1. The first-order chi connectivity index (χ1) is 8.86. The number of rotatable bonds is 4. The molecule has 1 aromatic carbocycles. The van der Waals surface area contributed by atoms with Gasteiger partial charge < -0.3 is 20.1 Å². The lowest BCUT2D eigenvalue weighted by Gasteiger charge is -2.22. The molecule has 0 aliphatic heterocycles. The lowest BCUT2D eigenvalue weighted by atomic mass is 10.3. The number of carboxylic acid groups (broad SMARTS) is 1. The number of likely N-dealkylation sites (N-methyl/N-ethyl adjacent to an activating group) is 1. The molecule has 0 bridgehead atoms. The van der Waals surface area contributed by atoms with E-state index in [0.29, 0.717) is 5.75 Å². The number of urea groups is 1. The van der Waals surface area contributed by atoms with E-state index in [9.17, 15) is 14.0 Å². The predicted molar refractivity (Wildman–Crippen MR) is 66.8 cm³/mol.